The molecule has 1 heterocycles. The maximum absolute atomic E-state index is 11.7. The van der Waals surface area contributed by atoms with E-state index in [0.29, 0.717) is 10.0 Å². The Labute approximate surface area is 127 Å². The van der Waals surface area contributed by atoms with E-state index in [1.165, 1.54) is 7.11 Å². The van der Waals surface area contributed by atoms with Crippen molar-refractivity contribution in [2.24, 2.45) is 0 Å². The highest BCUT2D eigenvalue weighted by Gasteiger charge is 2.24. The number of carbonyl (C=O) groups excluding carboxylic acids is 1. The summed E-state index contributed by atoms with van der Waals surface area (Å²) in [6.07, 6.45) is 0. The standard InChI is InChI=1S/C14H14Cl2N2O2/c1-8(2)13-11(16)12(14(19)20-3)17-18(13)10-6-4-9(15)5-7-10/h4-8H,1-3H3. The summed E-state index contributed by atoms with van der Waals surface area (Å²) < 4.78 is 6.35. The van der Waals surface area contributed by atoms with Crippen LogP contribution in [0.4, 0.5) is 0 Å². The van der Waals surface area contributed by atoms with Gasteiger partial charge in [0.2, 0.25) is 0 Å². The molecule has 2 rings (SSSR count). The van der Waals surface area contributed by atoms with Crippen LogP contribution in [0.15, 0.2) is 24.3 Å². The Morgan fingerprint density at radius 3 is 2.35 bits per heavy atom. The number of methoxy groups -OCH3 is 1. The van der Waals surface area contributed by atoms with Gasteiger partial charge in [0.1, 0.15) is 0 Å². The van der Waals surface area contributed by atoms with Crippen molar-refractivity contribution in [1.29, 1.82) is 0 Å². The van der Waals surface area contributed by atoms with Crippen LogP contribution in [0, 0.1) is 0 Å². The summed E-state index contributed by atoms with van der Waals surface area (Å²) in [6, 6.07) is 7.15. The molecule has 4 nitrogen and oxygen atoms in total. The molecular formula is C14H14Cl2N2O2. The quantitative estimate of drug-likeness (QED) is 0.802. The number of aromatic nitrogens is 2. The van der Waals surface area contributed by atoms with E-state index in [9.17, 15) is 4.79 Å². The Bertz CT molecular complexity index is 633. The van der Waals surface area contributed by atoms with Crippen LogP contribution in [0.3, 0.4) is 0 Å². The van der Waals surface area contributed by atoms with Crippen LogP contribution in [0.2, 0.25) is 10.0 Å². The molecule has 0 saturated heterocycles. The fraction of sp³-hybridized carbons (Fsp3) is 0.286. The van der Waals surface area contributed by atoms with E-state index in [1.807, 2.05) is 26.0 Å². The minimum Gasteiger partial charge on any atom is -0.464 e. The minimum absolute atomic E-state index is 0.101. The van der Waals surface area contributed by atoms with E-state index >= 15 is 0 Å². The smallest absolute Gasteiger partial charge is 0.360 e. The maximum atomic E-state index is 11.7. The highest BCUT2D eigenvalue weighted by Crippen LogP contribution is 2.30. The first-order valence-electron chi connectivity index (χ1n) is 6.08. The number of esters is 1. The molecule has 1 aromatic carbocycles. The van der Waals surface area contributed by atoms with E-state index in [-0.39, 0.29) is 11.6 Å². The second-order valence-electron chi connectivity index (χ2n) is 4.58. The summed E-state index contributed by atoms with van der Waals surface area (Å²) >= 11 is 12.2. The first-order chi connectivity index (χ1) is 9.45. The van der Waals surface area contributed by atoms with Gasteiger partial charge in [0.05, 0.1) is 23.5 Å². The summed E-state index contributed by atoms with van der Waals surface area (Å²) in [5, 5.41) is 5.22. The molecule has 0 radical (unpaired) electrons. The Morgan fingerprint density at radius 1 is 1.25 bits per heavy atom. The molecule has 0 aliphatic rings. The van der Waals surface area contributed by atoms with Gasteiger partial charge in [0.15, 0.2) is 5.69 Å². The number of halogens is 2. The zero-order chi connectivity index (χ0) is 14.9. The van der Waals surface area contributed by atoms with Crippen LogP contribution >= 0.6 is 23.2 Å². The van der Waals surface area contributed by atoms with Crippen molar-refractivity contribution in [3.05, 3.63) is 45.7 Å². The maximum Gasteiger partial charge on any atom is 0.360 e. The van der Waals surface area contributed by atoms with Gasteiger partial charge in [0, 0.05) is 5.02 Å². The van der Waals surface area contributed by atoms with Crippen LogP contribution in [-0.2, 0) is 4.74 Å². The number of hydrogen-bond acceptors (Lipinski definition) is 3. The molecule has 0 aliphatic heterocycles. The average Bonchev–Trinajstić information content (AvgIpc) is 2.76. The number of hydrogen-bond donors (Lipinski definition) is 0. The predicted octanol–water partition coefficient (Wildman–Crippen LogP) is 4.09. The number of rotatable bonds is 3. The Kier molecular flexibility index (Phi) is 4.35. The fourth-order valence-corrected chi connectivity index (χ4v) is 2.46. The van der Waals surface area contributed by atoms with Crippen LogP contribution in [-0.4, -0.2) is 22.9 Å². The third-order valence-electron chi connectivity index (χ3n) is 2.86. The molecule has 6 heteroatoms. The van der Waals surface area contributed by atoms with Crippen molar-refractivity contribution >= 4 is 29.2 Å². The molecule has 0 amide bonds. The van der Waals surface area contributed by atoms with Crippen molar-refractivity contribution < 1.29 is 9.53 Å². The Balaban J connectivity index is 2.62. The fourth-order valence-electron chi connectivity index (χ4n) is 1.92. The van der Waals surface area contributed by atoms with Crippen molar-refractivity contribution in [3.8, 4) is 5.69 Å². The van der Waals surface area contributed by atoms with E-state index in [0.717, 1.165) is 11.4 Å². The Hall–Kier alpha value is -1.52. The monoisotopic (exact) mass is 312 g/mol. The highest BCUT2D eigenvalue weighted by atomic mass is 35.5. The van der Waals surface area contributed by atoms with E-state index in [4.69, 9.17) is 27.9 Å². The molecule has 0 aliphatic carbocycles. The summed E-state index contributed by atoms with van der Waals surface area (Å²) in [6.45, 7) is 3.97. The second kappa shape index (κ2) is 5.85. The van der Waals surface area contributed by atoms with Crippen molar-refractivity contribution in [2.75, 3.05) is 7.11 Å². The molecule has 106 valence electrons. The number of benzene rings is 1. The minimum atomic E-state index is -0.551. The summed E-state index contributed by atoms with van der Waals surface area (Å²) in [7, 11) is 1.30. The van der Waals surface area contributed by atoms with Gasteiger partial charge < -0.3 is 4.74 Å². The third kappa shape index (κ3) is 2.67. The molecule has 0 N–H and O–H groups in total. The molecule has 0 atom stereocenters. The summed E-state index contributed by atoms with van der Waals surface area (Å²) in [5.74, 6) is -0.450. The van der Waals surface area contributed by atoms with Gasteiger partial charge in [-0.1, -0.05) is 37.0 Å². The molecular weight excluding hydrogens is 299 g/mol. The molecule has 2 aromatic rings. The lowest BCUT2D eigenvalue weighted by atomic mass is 10.1. The highest BCUT2D eigenvalue weighted by molar-refractivity contribution is 6.34. The second-order valence-corrected chi connectivity index (χ2v) is 5.40. The zero-order valence-electron chi connectivity index (χ0n) is 11.4. The predicted molar refractivity (Wildman–Crippen MR) is 79.0 cm³/mol. The van der Waals surface area contributed by atoms with Crippen LogP contribution in [0.1, 0.15) is 35.9 Å². The number of ether oxygens (including phenoxy) is 1. The lowest BCUT2D eigenvalue weighted by Crippen LogP contribution is -2.05. The van der Waals surface area contributed by atoms with E-state index in [1.54, 1.807) is 16.8 Å². The van der Waals surface area contributed by atoms with Gasteiger partial charge >= 0.3 is 5.97 Å². The summed E-state index contributed by atoms with van der Waals surface area (Å²) in [5.41, 5.74) is 1.66. The van der Waals surface area contributed by atoms with Gasteiger partial charge in [-0.3, -0.25) is 0 Å². The average molecular weight is 313 g/mol. The van der Waals surface area contributed by atoms with Crippen molar-refractivity contribution in [3.63, 3.8) is 0 Å². The third-order valence-corrected chi connectivity index (χ3v) is 3.48. The van der Waals surface area contributed by atoms with E-state index in [2.05, 4.69) is 5.10 Å². The first kappa shape index (κ1) is 14.9. The number of carbonyl (C=O) groups is 1. The van der Waals surface area contributed by atoms with Gasteiger partial charge in [-0.2, -0.15) is 5.10 Å². The van der Waals surface area contributed by atoms with Crippen LogP contribution in [0.25, 0.3) is 5.69 Å². The van der Waals surface area contributed by atoms with Gasteiger partial charge in [-0.25, -0.2) is 9.48 Å². The molecule has 20 heavy (non-hydrogen) atoms. The lowest BCUT2D eigenvalue weighted by molar-refractivity contribution is 0.0593. The molecule has 1 aromatic heterocycles. The van der Waals surface area contributed by atoms with E-state index < -0.39 is 5.97 Å². The summed E-state index contributed by atoms with van der Waals surface area (Å²) in [4.78, 5) is 11.7. The molecule has 0 spiro atoms. The van der Waals surface area contributed by atoms with Crippen LogP contribution in [0.5, 0.6) is 0 Å². The largest absolute Gasteiger partial charge is 0.464 e. The zero-order valence-corrected chi connectivity index (χ0v) is 12.9. The Morgan fingerprint density at radius 2 is 1.85 bits per heavy atom. The first-order valence-corrected chi connectivity index (χ1v) is 6.84. The van der Waals surface area contributed by atoms with Gasteiger partial charge in [-0.15, -0.1) is 0 Å². The molecule has 0 bridgehead atoms. The lowest BCUT2D eigenvalue weighted by Gasteiger charge is -2.10. The number of nitrogens with zero attached hydrogens (tertiary/aromatic N) is 2. The topological polar surface area (TPSA) is 44.1 Å². The molecule has 0 saturated carbocycles. The van der Waals surface area contributed by atoms with Crippen molar-refractivity contribution in [1.82, 2.24) is 9.78 Å². The SMILES string of the molecule is COC(=O)c1nn(-c2ccc(Cl)cc2)c(C(C)C)c1Cl. The molecule has 0 unspecified atom stereocenters. The normalized spacial score (nSPS) is 10.9. The van der Waals surface area contributed by atoms with Crippen LogP contribution < -0.4 is 0 Å². The van der Waals surface area contributed by atoms with Crippen molar-refractivity contribution in [2.45, 2.75) is 19.8 Å². The van der Waals surface area contributed by atoms with Gasteiger partial charge in [-0.05, 0) is 30.2 Å². The van der Waals surface area contributed by atoms with Gasteiger partial charge in [0.25, 0.3) is 0 Å². The molecule has 0 fully saturated rings.